The van der Waals surface area contributed by atoms with Gasteiger partial charge in [0.1, 0.15) is 11.3 Å². The zero-order valence-electron chi connectivity index (χ0n) is 12.6. The molecule has 1 aromatic carbocycles. The van der Waals surface area contributed by atoms with Crippen LogP contribution in [-0.2, 0) is 19.1 Å². The maximum absolute atomic E-state index is 11.9. The number of halogens is 1. The van der Waals surface area contributed by atoms with E-state index in [1.807, 2.05) is 6.92 Å². The Morgan fingerprint density at radius 1 is 1.23 bits per heavy atom. The van der Waals surface area contributed by atoms with Crippen molar-refractivity contribution in [2.45, 2.75) is 33.0 Å². The number of carbonyl (C=O) groups excluding carboxylic acids is 2. The van der Waals surface area contributed by atoms with Crippen LogP contribution in [0.25, 0.3) is 6.08 Å². The van der Waals surface area contributed by atoms with Gasteiger partial charge < -0.3 is 14.2 Å². The fourth-order valence-corrected chi connectivity index (χ4v) is 2.12. The van der Waals surface area contributed by atoms with Crippen molar-refractivity contribution >= 4 is 29.6 Å². The molecule has 1 aliphatic rings. The van der Waals surface area contributed by atoms with Gasteiger partial charge in [-0.15, -0.1) is 0 Å². The SMILES string of the molecule is CCCOc1ccc(C=C2C(=O)OC(C)(C)OC2=O)cc1Cl. The van der Waals surface area contributed by atoms with Crippen molar-refractivity contribution in [3.8, 4) is 5.75 Å². The summed E-state index contributed by atoms with van der Waals surface area (Å²) in [5.41, 5.74) is 0.412. The number of ether oxygens (including phenoxy) is 3. The monoisotopic (exact) mass is 324 g/mol. The maximum atomic E-state index is 11.9. The summed E-state index contributed by atoms with van der Waals surface area (Å²) in [6.45, 7) is 5.55. The summed E-state index contributed by atoms with van der Waals surface area (Å²) in [5.74, 6) is -2.13. The Balaban J connectivity index is 2.24. The molecule has 0 aromatic heterocycles. The molecular weight excluding hydrogens is 308 g/mol. The van der Waals surface area contributed by atoms with E-state index in [4.69, 9.17) is 25.8 Å². The van der Waals surface area contributed by atoms with Gasteiger partial charge in [-0.3, -0.25) is 0 Å². The molecule has 0 N–H and O–H groups in total. The minimum atomic E-state index is -1.25. The van der Waals surface area contributed by atoms with E-state index in [0.29, 0.717) is 22.9 Å². The fourth-order valence-electron chi connectivity index (χ4n) is 1.88. The molecule has 0 atom stereocenters. The van der Waals surface area contributed by atoms with Crippen LogP contribution in [0.4, 0.5) is 0 Å². The Labute approximate surface area is 133 Å². The molecule has 2 rings (SSSR count). The van der Waals surface area contributed by atoms with Crippen molar-refractivity contribution in [3.05, 3.63) is 34.4 Å². The molecule has 0 aliphatic carbocycles. The summed E-state index contributed by atoms with van der Waals surface area (Å²) in [6.07, 6.45) is 2.25. The molecule has 1 saturated heterocycles. The van der Waals surface area contributed by atoms with Gasteiger partial charge in [-0.2, -0.15) is 0 Å². The lowest BCUT2D eigenvalue weighted by molar-refractivity contribution is -0.222. The largest absolute Gasteiger partial charge is 0.492 e. The normalized spacial score (nSPS) is 16.8. The van der Waals surface area contributed by atoms with E-state index >= 15 is 0 Å². The summed E-state index contributed by atoms with van der Waals surface area (Å²) < 4.78 is 15.5. The van der Waals surface area contributed by atoms with E-state index < -0.39 is 17.7 Å². The van der Waals surface area contributed by atoms with E-state index in [1.54, 1.807) is 18.2 Å². The summed E-state index contributed by atoms with van der Waals surface area (Å²) in [6, 6.07) is 5.00. The molecule has 22 heavy (non-hydrogen) atoms. The van der Waals surface area contributed by atoms with Crippen LogP contribution in [0.15, 0.2) is 23.8 Å². The molecule has 5 nitrogen and oxygen atoms in total. The van der Waals surface area contributed by atoms with Crippen molar-refractivity contribution in [3.63, 3.8) is 0 Å². The zero-order valence-corrected chi connectivity index (χ0v) is 13.4. The standard InChI is InChI=1S/C16H17ClO5/c1-4-7-20-13-6-5-10(9-12(13)17)8-11-14(18)21-16(2,3)22-15(11)19/h5-6,8-9H,4,7H2,1-3H3. The van der Waals surface area contributed by atoms with Crippen LogP contribution in [0, 0.1) is 0 Å². The lowest BCUT2D eigenvalue weighted by Gasteiger charge is -2.29. The Morgan fingerprint density at radius 3 is 2.41 bits per heavy atom. The molecule has 0 unspecified atom stereocenters. The summed E-state index contributed by atoms with van der Waals surface area (Å²) in [7, 11) is 0. The van der Waals surface area contributed by atoms with Gasteiger partial charge in [-0.1, -0.05) is 24.6 Å². The highest BCUT2D eigenvalue weighted by Gasteiger charge is 2.38. The number of cyclic esters (lactones) is 2. The highest BCUT2D eigenvalue weighted by Crippen LogP contribution is 2.28. The molecule has 118 valence electrons. The lowest BCUT2D eigenvalue weighted by Crippen LogP contribution is -2.41. The van der Waals surface area contributed by atoms with Gasteiger partial charge in [-0.25, -0.2) is 9.59 Å². The van der Waals surface area contributed by atoms with Gasteiger partial charge in [0, 0.05) is 13.8 Å². The smallest absolute Gasteiger partial charge is 0.348 e. The number of rotatable bonds is 4. The Kier molecular flexibility index (Phi) is 4.76. The third kappa shape index (κ3) is 3.80. The van der Waals surface area contributed by atoms with Crippen LogP contribution < -0.4 is 4.74 Å². The van der Waals surface area contributed by atoms with Gasteiger partial charge >= 0.3 is 11.9 Å². The molecule has 1 aromatic rings. The first-order chi connectivity index (χ1) is 10.3. The Hall–Kier alpha value is -2.01. The van der Waals surface area contributed by atoms with Gasteiger partial charge in [0.15, 0.2) is 0 Å². The molecule has 1 fully saturated rings. The van der Waals surface area contributed by atoms with E-state index in [1.165, 1.54) is 19.9 Å². The molecule has 1 aliphatic heterocycles. The Morgan fingerprint density at radius 2 is 1.86 bits per heavy atom. The van der Waals surface area contributed by atoms with Crippen LogP contribution in [0.5, 0.6) is 5.75 Å². The molecule has 0 amide bonds. The highest BCUT2D eigenvalue weighted by molar-refractivity contribution is 6.32. The number of carbonyl (C=O) groups is 2. The maximum Gasteiger partial charge on any atom is 0.348 e. The van der Waals surface area contributed by atoms with Gasteiger partial charge in [-0.05, 0) is 30.2 Å². The van der Waals surface area contributed by atoms with E-state index in [-0.39, 0.29) is 5.57 Å². The summed E-state index contributed by atoms with van der Waals surface area (Å²) in [4.78, 5) is 23.7. The van der Waals surface area contributed by atoms with Crippen molar-refractivity contribution in [1.82, 2.24) is 0 Å². The second kappa shape index (κ2) is 6.40. The first-order valence-corrected chi connectivity index (χ1v) is 7.31. The van der Waals surface area contributed by atoms with Crippen molar-refractivity contribution in [2.24, 2.45) is 0 Å². The van der Waals surface area contributed by atoms with E-state index in [9.17, 15) is 9.59 Å². The second-order valence-corrected chi connectivity index (χ2v) is 5.68. The second-order valence-electron chi connectivity index (χ2n) is 5.28. The molecule has 0 radical (unpaired) electrons. The minimum Gasteiger partial charge on any atom is -0.492 e. The van der Waals surface area contributed by atoms with Gasteiger partial charge in [0.05, 0.1) is 11.6 Å². The molecule has 0 bridgehead atoms. The molecule has 0 spiro atoms. The average molecular weight is 325 g/mol. The predicted molar refractivity (Wildman–Crippen MR) is 81.5 cm³/mol. The van der Waals surface area contributed by atoms with Crippen LogP contribution in [-0.4, -0.2) is 24.3 Å². The van der Waals surface area contributed by atoms with Crippen molar-refractivity contribution < 1.29 is 23.8 Å². The highest BCUT2D eigenvalue weighted by atomic mass is 35.5. The fraction of sp³-hybridized carbons (Fsp3) is 0.375. The van der Waals surface area contributed by atoms with Gasteiger partial charge in [0.2, 0.25) is 0 Å². The third-order valence-electron chi connectivity index (χ3n) is 2.85. The first-order valence-electron chi connectivity index (χ1n) is 6.93. The number of hydrogen-bond acceptors (Lipinski definition) is 5. The van der Waals surface area contributed by atoms with Crippen molar-refractivity contribution in [2.75, 3.05) is 6.61 Å². The lowest BCUT2D eigenvalue weighted by atomic mass is 10.1. The van der Waals surface area contributed by atoms with E-state index in [2.05, 4.69) is 0 Å². The van der Waals surface area contributed by atoms with Crippen LogP contribution >= 0.6 is 11.6 Å². The zero-order chi connectivity index (χ0) is 16.3. The average Bonchev–Trinajstić information content (AvgIpc) is 2.41. The first kappa shape index (κ1) is 16.4. The van der Waals surface area contributed by atoms with E-state index in [0.717, 1.165) is 6.42 Å². The van der Waals surface area contributed by atoms with Crippen molar-refractivity contribution in [1.29, 1.82) is 0 Å². The number of hydrogen-bond donors (Lipinski definition) is 0. The topological polar surface area (TPSA) is 61.8 Å². The number of esters is 2. The quantitative estimate of drug-likeness (QED) is 0.483. The third-order valence-corrected chi connectivity index (χ3v) is 3.14. The van der Waals surface area contributed by atoms with Crippen LogP contribution in [0.3, 0.4) is 0 Å². The Bertz CT molecular complexity index is 611. The number of benzene rings is 1. The minimum absolute atomic E-state index is 0.169. The predicted octanol–water partition coefficient (Wildman–Crippen LogP) is 3.35. The molecule has 6 heteroatoms. The molecule has 0 saturated carbocycles. The van der Waals surface area contributed by atoms with Crippen LogP contribution in [0.1, 0.15) is 32.8 Å². The molecule has 1 heterocycles. The summed E-state index contributed by atoms with van der Waals surface area (Å²) in [5, 5.41) is 0.403. The van der Waals surface area contributed by atoms with Crippen LogP contribution in [0.2, 0.25) is 5.02 Å². The van der Waals surface area contributed by atoms with Gasteiger partial charge in [0.25, 0.3) is 5.79 Å². The summed E-state index contributed by atoms with van der Waals surface area (Å²) >= 11 is 6.11. The molecular formula is C16H17ClO5.